The number of fused-ring (bicyclic) bond motifs is 1. The summed E-state index contributed by atoms with van der Waals surface area (Å²) in [5.41, 5.74) is 5.61. The van der Waals surface area contributed by atoms with Crippen molar-refractivity contribution in [3.63, 3.8) is 0 Å². The molecular weight excluding hydrogens is 496 g/mol. The highest BCUT2D eigenvalue weighted by Gasteiger charge is 2.42. The molecule has 0 saturated carbocycles. The zero-order valence-corrected chi connectivity index (χ0v) is 22.1. The second-order valence-corrected chi connectivity index (χ2v) is 9.80. The number of aliphatic imine (C=N–C) groups is 1. The van der Waals surface area contributed by atoms with Crippen LogP contribution in [0.3, 0.4) is 0 Å². The Balaban J connectivity index is 1.52. The van der Waals surface area contributed by atoms with E-state index in [2.05, 4.69) is 10.3 Å². The van der Waals surface area contributed by atoms with Gasteiger partial charge in [-0.1, -0.05) is 78.0 Å². The minimum absolute atomic E-state index is 0.125. The van der Waals surface area contributed by atoms with E-state index < -0.39 is 12.0 Å². The number of ether oxygens (including phenoxy) is 1. The van der Waals surface area contributed by atoms with Gasteiger partial charge >= 0.3 is 5.97 Å². The molecule has 2 aliphatic heterocycles. The molecule has 0 bridgehead atoms. The minimum atomic E-state index is -0.496. The number of amidine groups is 1. The van der Waals surface area contributed by atoms with Crippen molar-refractivity contribution in [1.29, 1.82) is 0 Å². The summed E-state index contributed by atoms with van der Waals surface area (Å²) >= 11 is 1.46. The number of aryl methyl sites for hydroxylation is 1. The highest BCUT2D eigenvalue weighted by atomic mass is 32.2. The number of nitrogens with one attached hydrogen (secondary N) is 1. The molecule has 3 heterocycles. The lowest BCUT2D eigenvalue weighted by atomic mass is 9.91. The summed E-state index contributed by atoms with van der Waals surface area (Å²) in [4.78, 5) is 37.5. The zero-order valence-electron chi connectivity index (χ0n) is 21.3. The largest absolute Gasteiger partial charge is 0.463 e. The molecule has 1 amide bonds. The first kappa shape index (κ1) is 25.5. The third kappa shape index (κ3) is 5.40. The number of carbonyl (C=O) groups is 2. The fourth-order valence-electron chi connectivity index (χ4n) is 4.48. The first-order chi connectivity index (χ1) is 18.5. The molecule has 7 nitrogen and oxygen atoms in total. The molecule has 192 valence electrons. The molecule has 1 aromatic heterocycles. The van der Waals surface area contributed by atoms with Gasteiger partial charge in [0, 0.05) is 30.2 Å². The number of benzene rings is 2. The van der Waals surface area contributed by atoms with Crippen LogP contribution in [0.4, 0.5) is 0 Å². The summed E-state index contributed by atoms with van der Waals surface area (Å²) < 4.78 is 5.56. The maximum Gasteiger partial charge on any atom is 0.338 e. The van der Waals surface area contributed by atoms with Crippen molar-refractivity contribution in [3.8, 4) is 0 Å². The van der Waals surface area contributed by atoms with Crippen LogP contribution in [0.15, 0.2) is 101 Å². The molecule has 38 heavy (non-hydrogen) atoms. The molecule has 0 aliphatic carbocycles. The number of hydrogen-bond donors (Lipinski definition) is 1. The molecule has 0 unspecified atom stereocenters. The van der Waals surface area contributed by atoms with Crippen molar-refractivity contribution in [2.45, 2.75) is 32.9 Å². The number of amides is 1. The number of pyridine rings is 1. The van der Waals surface area contributed by atoms with Crippen LogP contribution in [-0.2, 0) is 20.9 Å². The number of aromatic nitrogens is 1. The van der Waals surface area contributed by atoms with Gasteiger partial charge in [0.15, 0.2) is 5.17 Å². The number of esters is 1. The predicted octanol–water partition coefficient (Wildman–Crippen LogP) is 5.37. The summed E-state index contributed by atoms with van der Waals surface area (Å²) in [6.45, 7) is 4.46. The maximum absolute atomic E-state index is 13.5. The first-order valence-electron chi connectivity index (χ1n) is 12.5. The van der Waals surface area contributed by atoms with Crippen LogP contribution in [0, 0.1) is 6.92 Å². The van der Waals surface area contributed by atoms with E-state index in [9.17, 15) is 9.59 Å². The van der Waals surface area contributed by atoms with Gasteiger partial charge in [-0.2, -0.15) is 0 Å². The van der Waals surface area contributed by atoms with Crippen molar-refractivity contribution in [3.05, 3.63) is 118 Å². The lowest BCUT2D eigenvalue weighted by Crippen LogP contribution is -2.38. The van der Waals surface area contributed by atoms with Crippen LogP contribution < -0.4 is 5.32 Å². The van der Waals surface area contributed by atoms with Crippen LogP contribution in [0.1, 0.15) is 41.6 Å². The van der Waals surface area contributed by atoms with E-state index in [4.69, 9.17) is 9.73 Å². The van der Waals surface area contributed by atoms with Gasteiger partial charge in [-0.3, -0.25) is 9.78 Å². The van der Waals surface area contributed by atoms with E-state index in [1.165, 1.54) is 11.8 Å². The molecule has 1 N–H and O–H groups in total. The fourth-order valence-corrected chi connectivity index (χ4v) is 5.40. The molecule has 2 aromatic carbocycles. The van der Waals surface area contributed by atoms with E-state index >= 15 is 0 Å². The third-order valence-corrected chi connectivity index (χ3v) is 7.19. The molecular formula is C30H28N4O3S. The van der Waals surface area contributed by atoms with Crippen molar-refractivity contribution < 1.29 is 14.3 Å². The van der Waals surface area contributed by atoms with Gasteiger partial charge in [0.05, 0.1) is 30.3 Å². The van der Waals surface area contributed by atoms with Crippen molar-refractivity contribution in [2.75, 3.05) is 6.61 Å². The average Bonchev–Trinajstić information content (AvgIpc) is 3.34. The second kappa shape index (κ2) is 11.5. The molecule has 1 atom stereocenters. The molecule has 0 radical (unpaired) electrons. The molecule has 2 aliphatic rings. The van der Waals surface area contributed by atoms with Crippen LogP contribution in [0.2, 0.25) is 0 Å². The highest BCUT2D eigenvalue weighted by Crippen LogP contribution is 2.47. The Morgan fingerprint density at radius 3 is 2.55 bits per heavy atom. The van der Waals surface area contributed by atoms with Crippen LogP contribution in [0.5, 0.6) is 0 Å². The highest BCUT2D eigenvalue weighted by molar-refractivity contribution is 8.16. The normalized spacial score (nSPS) is 16.5. The number of carbonyl (C=O) groups excluding carboxylic acids is 2. The summed E-state index contributed by atoms with van der Waals surface area (Å²) in [7, 11) is 0. The quantitative estimate of drug-likeness (QED) is 0.399. The Bertz CT molecular complexity index is 1420. The van der Waals surface area contributed by atoms with Crippen LogP contribution >= 0.6 is 11.8 Å². The van der Waals surface area contributed by atoms with Crippen LogP contribution in [0.25, 0.3) is 5.70 Å². The lowest BCUT2D eigenvalue weighted by molar-refractivity contribution is -0.139. The molecule has 0 spiro atoms. The standard InChI is InChI=1S/C30H28N4O3S/c1-3-37-29(36)26-27(22-9-5-4-6-10-22)33-30-34(28(26)23-13-11-20(2)12-14-23)24(19-38-30)16-25(35)32-18-21-8-7-15-31-17-21/h4-15,17,19,28H,3,16,18H2,1-2H3,(H,32,35)/t28-/m0/s1. The van der Waals surface area contributed by atoms with Crippen molar-refractivity contribution in [2.24, 2.45) is 4.99 Å². The minimum Gasteiger partial charge on any atom is -0.463 e. The van der Waals surface area contributed by atoms with Crippen molar-refractivity contribution in [1.82, 2.24) is 15.2 Å². The Kier molecular flexibility index (Phi) is 7.70. The topological polar surface area (TPSA) is 83.9 Å². The predicted molar refractivity (Wildman–Crippen MR) is 150 cm³/mol. The lowest BCUT2D eigenvalue weighted by Gasteiger charge is -2.36. The molecule has 8 heteroatoms. The number of hydrogen-bond acceptors (Lipinski definition) is 7. The van der Waals surface area contributed by atoms with Gasteiger partial charge in [0.25, 0.3) is 0 Å². The SMILES string of the molecule is CCOC(=O)C1=C(c2ccccc2)N=C2SC=C(CC(=O)NCc3cccnc3)N2[C@H]1c1ccc(C)cc1. The number of nitrogens with zero attached hydrogens (tertiary/aromatic N) is 3. The first-order valence-corrected chi connectivity index (χ1v) is 13.4. The third-order valence-electron chi connectivity index (χ3n) is 6.30. The van der Waals surface area contributed by atoms with Crippen molar-refractivity contribution >= 4 is 34.5 Å². The molecule has 0 fully saturated rings. The second-order valence-electron chi connectivity index (χ2n) is 8.97. The van der Waals surface area contributed by atoms with Gasteiger partial charge in [0.1, 0.15) is 0 Å². The smallest absolute Gasteiger partial charge is 0.338 e. The van der Waals surface area contributed by atoms with Gasteiger partial charge in [-0.05, 0) is 36.4 Å². The fraction of sp³-hybridized carbons (Fsp3) is 0.200. The van der Waals surface area contributed by atoms with Gasteiger partial charge < -0.3 is 15.0 Å². The van der Waals surface area contributed by atoms with E-state index in [-0.39, 0.29) is 18.9 Å². The summed E-state index contributed by atoms with van der Waals surface area (Å²) in [5, 5.41) is 5.64. The molecule has 3 aromatic rings. The monoisotopic (exact) mass is 524 g/mol. The zero-order chi connectivity index (χ0) is 26.5. The number of rotatable bonds is 8. The Morgan fingerprint density at radius 1 is 1.05 bits per heavy atom. The van der Waals surface area contributed by atoms with Gasteiger partial charge in [-0.25, -0.2) is 9.79 Å². The van der Waals surface area contributed by atoms with Gasteiger partial charge in [0.2, 0.25) is 5.91 Å². The van der Waals surface area contributed by atoms with E-state index in [0.29, 0.717) is 17.8 Å². The molecule has 5 rings (SSSR count). The Morgan fingerprint density at radius 2 is 1.84 bits per heavy atom. The summed E-state index contributed by atoms with van der Waals surface area (Å²) in [6, 6.07) is 21.0. The van der Waals surface area contributed by atoms with E-state index in [1.54, 1.807) is 19.3 Å². The molecule has 0 saturated heterocycles. The summed E-state index contributed by atoms with van der Waals surface area (Å²) in [6.07, 6.45) is 3.58. The average molecular weight is 525 g/mol. The summed E-state index contributed by atoms with van der Waals surface area (Å²) in [5.74, 6) is -0.544. The Hall–Kier alpha value is -4.17. The van der Waals surface area contributed by atoms with E-state index in [0.717, 1.165) is 33.1 Å². The number of thioether (sulfide) groups is 1. The van der Waals surface area contributed by atoms with Gasteiger partial charge in [-0.15, -0.1) is 0 Å². The van der Waals surface area contributed by atoms with Crippen LogP contribution in [-0.4, -0.2) is 33.5 Å². The maximum atomic E-state index is 13.5. The van der Waals surface area contributed by atoms with E-state index in [1.807, 2.05) is 84.0 Å². The Labute approximate surface area is 226 Å².